The Morgan fingerprint density at radius 2 is 1.59 bits per heavy atom. The Kier molecular flexibility index (Phi) is 4.08. The van der Waals surface area contributed by atoms with Crippen LogP contribution in [0.15, 0.2) is 36.7 Å². The summed E-state index contributed by atoms with van der Waals surface area (Å²) in [6.07, 6.45) is 3.40. The highest BCUT2D eigenvalue weighted by Gasteiger charge is 2.21. The topological polar surface area (TPSA) is 89.2 Å². The molecule has 1 aromatic carbocycles. The number of aromatic nitrogens is 2. The Balaban J connectivity index is 1.66. The third-order valence-corrected chi connectivity index (χ3v) is 5.41. The van der Waals surface area contributed by atoms with Gasteiger partial charge in [-0.25, -0.2) is 18.4 Å². The lowest BCUT2D eigenvalue weighted by molar-refractivity contribution is 0.287. The van der Waals surface area contributed by atoms with Crippen LogP contribution in [0.2, 0.25) is 0 Å². The van der Waals surface area contributed by atoms with E-state index in [2.05, 4.69) is 27.0 Å². The van der Waals surface area contributed by atoms with Crippen LogP contribution >= 0.6 is 0 Å². The van der Waals surface area contributed by atoms with Crippen molar-refractivity contribution in [3.05, 3.63) is 42.2 Å². The van der Waals surface area contributed by atoms with E-state index in [4.69, 9.17) is 5.73 Å². The summed E-state index contributed by atoms with van der Waals surface area (Å²) in [5.41, 5.74) is 8.60. The molecule has 7 heteroatoms. The highest BCUT2D eigenvalue weighted by molar-refractivity contribution is 7.91. The summed E-state index contributed by atoms with van der Waals surface area (Å²) in [6, 6.07) is 8.14. The fourth-order valence-corrected chi connectivity index (χ4v) is 3.73. The van der Waals surface area contributed by atoms with E-state index in [1.54, 1.807) is 12.4 Å². The van der Waals surface area contributed by atoms with Crippen LogP contribution in [-0.2, 0) is 16.4 Å². The summed E-state index contributed by atoms with van der Waals surface area (Å²) < 4.78 is 22.9. The Labute approximate surface area is 129 Å². The minimum atomic E-state index is -2.82. The Bertz CT molecular complexity index is 728. The molecule has 3 rings (SSSR count). The van der Waals surface area contributed by atoms with E-state index in [0.717, 1.165) is 17.7 Å². The molecule has 0 atom stereocenters. The number of benzene rings is 1. The van der Waals surface area contributed by atoms with Gasteiger partial charge in [-0.1, -0.05) is 24.3 Å². The van der Waals surface area contributed by atoms with Crippen LogP contribution < -0.4 is 5.73 Å². The van der Waals surface area contributed by atoms with Gasteiger partial charge < -0.3 is 5.73 Å². The Morgan fingerprint density at radius 1 is 1.00 bits per heavy atom. The average molecular weight is 318 g/mol. The molecule has 1 fully saturated rings. The van der Waals surface area contributed by atoms with Gasteiger partial charge in [0.05, 0.1) is 11.5 Å². The fourth-order valence-electron chi connectivity index (χ4n) is 2.46. The van der Waals surface area contributed by atoms with Crippen LogP contribution in [0.5, 0.6) is 0 Å². The largest absolute Gasteiger partial charge is 0.368 e. The van der Waals surface area contributed by atoms with Crippen molar-refractivity contribution in [2.45, 2.75) is 6.54 Å². The molecule has 0 amide bonds. The van der Waals surface area contributed by atoms with Crippen molar-refractivity contribution < 1.29 is 8.42 Å². The molecule has 116 valence electrons. The minimum absolute atomic E-state index is 0.258. The highest BCUT2D eigenvalue weighted by atomic mass is 32.2. The van der Waals surface area contributed by atoms with Crippen molar-refractivity contribution in [3.8, 4) is 11.1 Å². The summed E-state index contributed by atoms with van der Waals surface area (Å²) >= 11 is 0. The van der Waals surface area contributed by atoms with Crippen molar-refractivity contribution >= 4 is 15.8 Å². The maximum Gasteiger partial charge on any atom is 0.219 e. The van der Waals surface area contributed by atoms with Gasteiger partial charge in [0.2, 0.25) is 5.95 Å². The summed E-state index contributed by atoms with van der Waals surface area (Å²) in [5.74, 6) is 0.780. The van der Waals surface area contributed by atoms with Gasteiger partial charge in [-0.3, -0.25) is 4.90 Å². The van der Waals surface area contributed by atoms with Gasteiger partial charge in [-0.15, -0.1) is 0 Å². The zero-order valence-corrected chi connectivity index (χ0v) is 13.0. The highest BCUT2D eigenvalue weighted by Crippen LogP contribution is 2.19. The van der Waals surface area contributed by atoms with Gasteiger partial charge >= 0.3 is 0 Å². The molecule has 0 bridgehead atoms. The summed E-state index contributed by atoms with van der Waals surface area (Å²) in [6.45, 7) is 1.99. The lowest BCUT2D eigenvalue weighted by Crippen LogP contribution is -2.39. The van der Waals surface area contributed by atoms with Crippen molar-refractivity contribution in [1.29, 1.82) is 0 Å². The molecule has 0 spiro atoms. The van der Waals surface area contributed by atoms with Crippen LogP contribution in [0, 0.1) is 0 Å². The monoisotopic (exact) mass is 318 g/mol. The van der Waals surface area contributed by atoms with Gasteiger partial charge in [-0.05, 0) is 11.1 Å². The molecule has 0 saturated carbocycles. The van der Waals surface area contributed by atoms with Crippen molar-refractivity contribution in [2.24, 2.45) is 0 Å². The molecular formula is C15H18N4O2S. The number of hydrogen-bond acceptors (Lipinski definition) is 6. The second-order valence-corrected chi connectivity index (χ2v) is 7.76. The van der Waals surface area contributed by atoms with Crippen molar-refractivity contribution in [2.75, 3.05) is 30.3 Å². The number of nitrogen functional groups attached to an aromatic ring is 1. The van der Waals surface area contributed by atoms with E-state index in [0.29, 0.717) is 13.1 Å². The van der Waals surface area contributed by atoms with E-state index in [9.17, 15) is 8.42 Å². The average Bonchev–Trinajstić information content (AvgIpc) is 2.51. The zero-order chi connectivity index (χ0) is 15.6. The lowest BCUT2D eigenvalue weighted by Gasteiger charge is -2.26. The smallest absolute Gasteiger partial charge is 0.219 e. The molecule has 0 aliphatic carbocycles. The normalized spacial score (nSPS) is 18.2. The predicted molar refractivity (Wildman–Crippen MR) is 85.8 cm³/mol. The molecule has 1 aromatic heterocycles. The van der Waals surface area contributed by atoms with Crippen LogP contribution in [0.1, 0.15) is 5.56 Å². The van der Waals surface area contributed by atoms with Crippen molar-refractivity contribution in [3.63, 3.8) is 0 Å². The SMILES string of the molecule is Nc1ncc(-c2ccc(CN3CCS(=O)(=O)CC3)cc2)cn1. The van der Waals surface area contributed by atoms with Crippen LogP contribution in [0.3, 0.4) is 0 Å². The molecule has 1 aliphatic heterocycles. The quantitative estimate of drug-likeness (QED) is 0.906. The zero-order valence-electron chi connectivity index (χ0n) is 12.1. The first-order chi connectivity index (χ1) is 10.5. The van der Waals surface area contributed by atoms with E-state index < -0.39 is 9.84 Å². The maximum atomic E-state index is 11.4. The molecular weight excluding hydrogens is 300 g/mol. The van der Waals surface area contributed by atoms with E-state index >= 15 is 0 Å². The third kappa shape index (κ3) is 3.61. The minimum Gasteiger partial charge on any atom is -0.368 e. The maximum absolute atomic E-state index is 11.4. The molecule has 2 N–H and O–H groups in total. The first-order valence-electron chi connectivity index (χ1n) is 7.11. The molecule has 6 nitrogen and oxygen atoms in total. The molecule has 1 aliphatic rings. The molecule has 22 heavy (non-hydrogen) atoms. The summed E-state index contributed by atoms with van der Waals surface area (Å²) in [7, 11) is -2.82. The number of nitrogens with zero attached hydrogens (tertiary/aromatic N) is 3. The predicted octanol–water partition coefficient (Wildman–Crippen LogP) is 0.956. The van der Waals surface area contributed by atoms with E-state index in [1.807, 2.05) is 12.1 Å². The summed E-state index contributed by atoms with van der Waals surface area (Å²) in [4.78, 5) is 10.1. The Hall–Kier alpha value is -1.99. The van der Waals surface area contributed by atoms with Gasteiger partial charge in [-0.2, -0.15) is 0 Å². The standard InChI is InChI=1S/C15H18N4O2S/c16-15-17-9-14(10-18-15)13-3-1-12(2-4-13)11-19-5-7-22(20,21)8-6-19/h1-4,9-10H,5-8,11H2,(H2,16,17,18). The third-order valence-electron chi connectivity index (χ3n) is 3.80. The number of rotatable bonds is 3. The van der Waals surface area contributed by atoms with Crippen LogP contribution in [-0.4, -0.2) is 47.9 Å². The van der Waals surface area contributed by atoms with Gasteiger partial charge in [0.15, 0.2) is 9.84 Å². The van der Waals surface area contributed by atoms with Gasteiger partial charge in [0.1, 0.15) is 0 Å². The fraction of sp³-hybridized carbons (Fsp3) is 0.333. The van der Waals surface area contributed by atoms with E-state index in [-0.39, 0.29) is 17.5 Å². The Morgan fingerprint density at radius 3 is 2.18 bits per heavy atom. The molecule has 2 aromatic rings. The van der Waals surface area contributed by atoms with Crippen LogP contribution in [0.25, 0.3) is 11.1 Å². The van der Waals surface area contributed by atoms with E-state index in [1.165, 1.54) is 5.56 Å². The second-order valence-electron chi connectivity index (χ2n) is 5.45. The number of hydrogen-bond donors (Lipinski definition) is 1. The summed E-state index contributed by atoms with van der Waals surface area (Å²) in [5, 5.41) is 0. The lowest BCUT2D eigenvalue weighted by atomic mass is 10.1. The van der Waals surface area contributed by atoms with Gasteiger partial charge in [0, 0.05) is 37.6 Å². The molecule has 2 heterocycles. The van der Waals surface area contributed by atoms with Gasteiger partial charge in [0.25, 0.3) is 0 Å². The second kappa shape index (κ2) is 6.02. The molecule has 1 saturated heterocycles. The first kappa shape index (κ1) is 14.9. The molecule has 0 radical (unpaired) electrons. The number of nitrogens with two attached hydrogens (primary N) is 1. The first-order valence-corrected chi connectivity index (χ1v) is 8.94. The number of sulfone groups is 1. The molecule has 0 unspecified atom stereocenters. The number of anilines is 1. The van der Waals surface area contributed by atoms with Crippen LogP contribution in [0.4, 0.5) is 5.95 Å². The van der Waals surface area contributed by atoms with Crippen molar-refractivity contribution in [1.82, 2.24) is 14.9 Å².